The largest absolute Gasteiger partial charge is 0.433 e. The molecule has 106 valence electrons. The fourth-order valence-corrected chi connectivity index (χ4v) is 2.10. The molecule has 2 rings (SSSR count). The molecule has 0 aliphatic rings. The fourth-order valence-electron chi connectivity index (χ4n) is 1.80. The second-order valence-corrected chi connectivity index (χ2v) is 4.70. The Bertz CT molecular complexity index is 599. The van der Waals surface area contributed by atoms with Crippen molar-refractivity contribution in [2.75, 3.05) is 5.32 Å². The van der Waals surface area contributed by atoms with E-state index in [1.165, 1.54) is 12.1 Å². The molecule has 0 bridgehead atoms. The van der Waals surface area contributed by atoms with Gasteiger partial charge in [0.1, 0.15) is 11.5 Å². The maximum Gasteiger partial charge on any atom is 0.433 e. The van der Waals surface area contributed by atoms with Crippen molar-refractivity contribution in [3.8, 4) is 0 Å². The molecule has 0 spiro atoms. The van der Waals surface area contributed by atoms with Gasteiger partial charge in [-0.1, -0.05) is 35.9 Å². The van der Waals surface area contributed by atoms with E-state index in [2.05, 4.69) is 10.3 Å². The average Bonchev–Trinajstić information content (AvgIpc) is 2.38. The molecular weight excluding hydrogens is 289 g/mol. The predicted molar refractivity (Wildman–Crippen MR) is 72.7 cm³/mol. The summed E-state index contributed by atoms with van der Waals surface area (Å²) in [5, 5.41) is 3.47. The Morgan fingerprint density at radius 3 is 2.45 bits per heavy atom. The number of nitrogens with one attached hydrogen (secondary N) is 1. The monoisotopic (exact) mass is 300 g/mol. The molecule has 1 atom stereocenters. The lowest BCUT2D eigenvalue weighted by atomic mass is 10.1. The van der Waals surface area contributed by atoms with E-state index in [0.717, 1.165) is 11.6 Å². The number of hydrogen-bond acceptors (Lipinski definition) is 2. The molecule has 2 nitrogen and oxygen atoms in total. The Morgan fingerprint density at radius 1 is 1.10 bits per heavy atom. The van der Waals surface area contributed by atoms with Gasteiger partial charge >= 0.3 is 6.18 Å². The number of anilines is 1. The molecule has 1 N–H and O–H groups in total. The Balaban J connectivity index is 2.20. The number of alkyl halides is 3. The van der Waals surface area contributed by atoms with Gasteiger partial charge in [-0.25, -0.2) is 4.98 Å². The van der Waals surface area contributed by atoms with E-state index in [1.807, 2.05) is 19.1 Å². The van der Waals surface area contributed by atoms with Crippen molar-refractivity contribution in [2.24, 2.45) is 0 Å². The molecule has 20 heavy (non-hydrogen) atoms. The minimum Gasteiger partial charge on any atom is -0.363 e. The highest BCUT2D eigenvalue weighted by molar-refractivity contribution is 6.31. The number of pyridine rings is 1. The molecule has 0 amide bonds. The summed E-state index contributed by atoms with van der Waals surface area (Å²) in [5.41, 5.74) is -0.123. The Morgan fingerprint density at radius 2 is 1.80 bits per heavy atom. The van der Waals surface area contributed by atoms with Crippen LogP contribution >= 0.6 is 11.6 Å². The number of rotatable bonds is 3. The highest BCUT2D eigenvalue weighted by Gasteiger charge is 2.32. The van der Waals surface area contributed by atoms with E-state index < -0.39 is 11.9 Å². The van der Waals surface area contributed by atoms with Crippen LogP contribution in [-0.4, -0.2) is 4.98 Å². The maximum absolute atomic E-state index is 12.6. The van der Waals surface area contributed by atoms with Crippen molar-refractivity contribution in [1.29, 1.82) is 0 Å². The molecule has 0 fully saturated rings. The van der Waals surface area contributed by atoms with Crippen LogP contribution < -0.4 is 5.32 Å². The average molecular weight is 301 g/mol. The summed E-state index contributed by atoms with van der Waals surface area (Å²) in [7, 11) is 0. The van der Waals surface area contributed by atoms with Crippen LogP contribution in [-0.2, 0) is 6.18 Å². The van der Waals surface area contributed by atoms with Crippen LogP contribution in [0.5, 0.6) is 0 Å². The Kier molecular flexibility index (Phi) is 4.18. The van der Waals surface area contributed by atoms with Crippen LogP contribution in [0.2, 0.25) is 5.02 Å². The summed E-state index contributed by atoms with van der Waals surface area (Å²) in [4.78, 5) is 3.56. The van der Waals surface area contributed by atoms with Crippen molar-refractivity contribution < 1.29 is 13.2 Å². The number of benzene rings is 1. The summed E-state index contributed by atoms with van der Waals surface area (Å²) in [6.07, 6.45) is -4.45. The standard InChI is InChI=1S/C14H12ClF3N2/c1-9(10-5-2-3-6-11(10)15)19-13-8-4-7-12(20-13)14(16,17)18/h2-9H,1H3,(H,19,20). The van der Waals surface area contributed by atoms with Gasteiger partial charge < -0.3 is 5.32 Å². The van der Waals surface area contributed by atoms with E-state index in [1.54, 1.807) is 12.1 Å². The zero-order chi connectivity index (χ0) is 14.8. The number of hydrogen-bond donors (Lipinski definition) is 1. The van der Waals surface area contributed by atoms with Crippen LogP contribution in [0.4, 0.5) is 19.0 Å². The molecular formula is C14H12ClF3N2. The summed E-state index contributed by atoms with van der Waals surface area (Å²) < 4.78 is 37.7. The third-order valence-electron chi connectivity index (χ3n) is 2.78. The second-order valence-electron chi connectivity index (χ2n) is 4.29. The van der Waals surface area contributed by atoms with Crippen LogP contribution in [0.3, 0.4) is 0 Å². The second kappa shape index (κ2) is 5.71. The first-order chi connectivity index (χ1) is 9.38. The number of halogens is 4. The van der Waals surface area contributed by atoms with Gasteiger partial charge in [-0.2, -0.15) is 13.2 Å². The van der Waals surface area contributed by atoms with Gasteiger partial charge in [-0.05, 0) is 30.7 Å². The van der Waals surface area contributed by atoms with Crippen molar-refractivity contribution >= 4 is 17.4 Å². The van der Waals surface area contributed by atoms with Crippen LogP contribution in [0, 0.1) is 0 Å². The summed E-state index contributed by atoms with van der Waals surface area (Å²) >= 11 is 6.05. The Hall–Kier alpha value is -1.75. The summed E-state index contributed by atoms with van der Waals surface area (Å²) in [5.74, 6) is 0.159. The lowest BCUT2D eigenvalue weighted by Crippen LogP contribution is -2.12. The Labute approximate surface area is 119 Å². The van der Waals surface area contributed by atoms with Gasteiger partial charge in [0.25, 0.3) is 0 Å². The van der Waals surface area contributed by atoms with Gasteiger partial charge in [0.2, 0.25) is 0 Å². The number of nitrogens with zero attached hydrogens (tertiary/aromatic N) is 1. The van der Waals surface area contributed by atoms with Gasteiger partial charge in [-0.3, -0.25) is 0 Å². The molecule has 1 aromatic carbocycles. The zero-order valence-corrected chi connectivity index (χ0v) is 11.3. The lowest BCUT2D eigenvalue weighted by molar-refractivity contribution is -0.141. The normalized spacial score (nSPS) is 13.1. The lowest BCUT2D eigenvalue weighted by Gasteiger charge is -2.17. The van der Waals surface area contributed by atoms with Crippen molar-refractivity contribution in [3.63, 3.8) is 0 Å². The molecule has 0 saturated heterocycles. The SMILES string of the molecule is CC(Nc1cccc(C(F)(F)F)n1)c1ccccc1Cl. The topological polar surface area (TPSA) is 24.9 Å². The minimum atomic E-state index is -4.45. The third-order valence-corrected chi connectivity index (χ3v) is 3.12. The fraction of sp³-hybridized carbons (Fsp3) is 0.214. The van der Waals surface area contributed by atoms with E-state index in [4.69, 9.17) is 11.6 Å². The first-order valence-electron chi connectivity index (χ1n) is 5.93. The molecule has 2 aromatic rings. The zero-order valence-electron chi connectivity index (χ0n) is 10.6. The highest BCUT2D eigenvalue weighted by atomic mass is 35.5. The van der Waals surface area contributed by atoms with Gasteiger partial charge in [0.05, 0.1) is 6.04 Å². The maximum atomic E-state index is 12.6. The van der Waals surface area contributed by atoms with Crippen LogP contribution in [0.15, 0.2) is 42.5 Å². The molecule has 0 radical (unpaired) electrons. The van der Waals surface area contributed by atoms with Gasteiger partial charge in [0.15, 0.2) is 0 Å². The van der Waals surface area contributed by atoms with Gasteiger partial charge in [-0.15, -0.1) is 0 Å². The van der Waals surface area contributed by atoms with Crippen molar-refractivity contribution in [1.82, 2.24) is 4.98 Å². The van der Waals surface area contributed by atoms with E-state index >= 15 is 0 Å². The smallest absolute Gasteiger partial charge is 0.363 e. The molecule has 0 aliphatic heterocycles. The summed E-state index contributed by atoms with van der Waals surface area (Å²) in [6.45, 7) is 1.81. The quantitative estimate of drug-likeness (QED) is 0.869. The molecule has 6 heteroatoms. The number of aromatic nitrogens is 1. The van der Waals surface area contributed by atoms with E-state index in [9.17, 15) is 13.2 Å². The van der Waals surface area contributed by atoms with Crippen molar-refractivity contribution in [2.45, 2.75) is 19.1 Å². The molecule has 1 heterocycles. The van der Waals surface area contributed by atoms with Crippen molar-refractivity contribution in [3.05, 3.63) is 58.7 Å². The summed E-state index contributed by atoms with van der Waals surface area (Å²) in [6, 6.07) is 10.6. The van der Waals surface area contributed by atoms with Crippen LogP contribution in [0.1, 0.15) is 24.2 Å². The third kappa shape index (κ3) is 3.42. The predicted octanol–water partition coefficient (Wildman–Crippen LogP) is 4.93. The van der Waals surface area contributed by atoms with E-state index in [0.29, 0.717) is 5.02 Å². The molecule has 0 saturated carbocycles. The molecule has 1 aromatic heterocycles. The molecule has 1 unspecified atom stereocenters. The molecule has 0 aliphatic carbocycles. The minimum absolute atomic E-state index is 0.159. The first-order valence-corrected chi connectivity index (χ1v) is 6.31. The van der Waals surface area contributed by atoms with E-state index in [-0.39, 0.29) is 11.9 Å². The first kappa shape index (κ1) is 14.7. The van der Waals surface area contributed by atoms with Gasteiger partial charge in [0, 0.05) is 5.02 Å². The highest BCUT2D eigenvalue weighted by Crippen LogP contribution is 2.29. The van der Waals surface area contributed by atoms with Crippen LogP contribution in [0.25, 0.3) is 0 Å².